The first-order valence-corrected chi connectivity index (χ1v) is 6.50. The van der Waals surface area contributed by atoms with Crippen LogP contribution in [-0.4, -0.2) is 19.9 Å². The summed E-state index contributed by atoms with van der Waals surface area (Å²) >= 11 is 0. The van der Waals surface area contributed by atoms with Crippen molar-refractivity contribution >= 4 is 5.78 Å². The predicted molar refractivity (Wildman–Crippen MR) is 68.5 cm³/mol. The lowest BCUT2D eigenvalue weighted by atomic mass is 10.1. The van der Waals surface area contributed by atoms with Gasteiger partial charge in [0.2, 0.25) is 0 Å². The Kier molecular flexibility index (Phi) is 3.00. The number of ketones is 1. The van der Waals surface area contributed by atoms with Crippen molar-refractivity contribution in [2.75, 3.05) is 0 Å². The Bertz CT molecular complexity index is 539. The summed E-state index contributed by atoms with van der Waals surface area (Å²) in [6.45, 7) is 1.78. The molecular formula is C14H17N3O. The molecule has 0 amide bonds. The molecule has 0 spiro atoms. The molecule has 0 saturated heterocycles. The molecule has 0 atom stereocenters. The average Bonchev–Trinajstić information content (AvgIpc) is 2.98. The lowest BCUT2D eigenvalue weighted by Crippen LogP contribution is -2.04. The van der Waals surface area contributed by atoms with Gasteiger partial charge in [0.25, 0.3) is 0 Å². The molecule has 0 aromatic carbocycles. The second-order valence-electron chi connectivity index (χ2n) is 4.87. The van der Waals surface area contributed by atoms with E-state index in [9.17, 15) is 4.79 Å². The zero-order chi connectivity index (χ0) is 12.4. The van der Waals surface area contributed by atoms with Crippen LogP contribution in [-0.2, 0) is 19.5 Å². The van der Waals surface area contributed by atoms with Crippen LogP contribution in [0.3, 0.4) is 0 Å². The highest BCUT2D eigenvalue weighted by atomic mass is 16.1. The van der Waals surface area contributed by atoms with Crippen molar-refractivity contribution in [2.24, 2.45) is 0 Å². The van der Waals surface area contributed by atoms with E-state index in [1.165, 1.54) is 5.56 Å². The highest BCUT2D eigenvalue weighted by Gasteiger charge is 2.17. The molecule has 1 aliphatic rings. The summed E-state index contributed by atoms with van der Waals surface area (Å²) in [5.41, 5.74) is 2.17. The SMILES string of the molecule is O=C1CCCCc2cn(CCn3ccnc3)cc21. The molecule has 2 aromatic rings. The number of fused-ring (bicyclic) bond motifs is 1. The summed E-state index contributed by atoms with van der Waals surface area (Å²) in [4.78, 5) is 15.9. The molecular weight excluding hydrogens is 226 g/mol. The molecule has 94 valence electrons. The largest absolute Gasteiger partial charge is 0.351 e. The van der Waals surface area contributed by atoms with Crippen molar-refractivity contribution in [2.45, 2.75) is 38.8 Å². The number of nitrogens with zero attached hydrogens (tertiary/aromatic N) is 3. The number of aryl methyl sites for hydroxylation is 3. The Hall–Kier alpha value is -1.84. The molecule has 18 heavy (non-hydrogen) atoms. The van der Waals surface area contributed by atoms with Gasteiger partial charge in [-0.3, -0.25) is 4.79 Å². The van der Waals surface area contributed by atoms with Crippen molar-refractivity contribution in [1.82, 2.24) is 14.1 Å². The topological polar surface area (TPSA) is 39.8 Å². The van der Waals surface area contributed by atoms with Crippen LogP contribution in [0.5, 0.6) is 0 Å². The Labute approximate surface area is 106 Å². The minimum Gasteiger partial charge on any atom is -0.351 e. The first-order valence-electron chi connectivity index (χ1n) is 6.50. The van der Waals surface area contributed by atoms with Crippen LogP contribution < -0.4 is 0 Å². The third-order valence-corrected chi connectivity index (χ3v) is 3.54. The number of aromatic nitrogens is 3. The standard InChI is InChI=1S/C14H17N3O/c18-14-4-2-1-3-12-9-17(10-13(12)14)8-7-16-6-5-15-11-16/h5-6,9-11H,1-4,7-8H2. The van der Waals surface area contributed by atoms with Gasteiger partial charge in [-0.05, 0) is 24.8 Å². The van der Waals surface area contributed by atoms with Gasteiger partial charge in [-0.25, -0.2) is 4.98 Å². The molecule has 4 heteroatoms. The molecule has 0 radical (unpaired) electrons. The Morgan fingerprint density at radius 1 is 1.11 bits per heavy atom. The molecule has 4 nitrogen and oxygen atoms in total. The lowest BCUT2D eigenvalue weighted by Gasteiger charge is -2.03. The molecule has 0 unspecified atom stereocenters. The van der Waals surface area contributed by atoms with Gasteiger partial charge in [0.1, 0.15) is 0 Å². The fraction of sp³-hybridized carbons (Fsp3) is 0.429. The number of imidazole rings is 1. The van der Waals surface area contributed by atoms with Gasteiger partial charge in [0.15, 0.2) is 5.78 Å². The summed E-state index contributed by atoms with van der Waals surface area (Å²) < 4.78 is 4.18. The second kappa shape index (κ2) is 4.80. The van der Waals surface area contributed by atoms with Crippen molar-refractivity contribution in [1.29, 1.82) is 0 Å². The van der Waals surface area contributed by atoms with Crippen molar-refractivity contribution in [3.8, 4) is 0 Å². The first-order chi connectivity index (χ1) is 8.83. The van der Waals surface area contributed by atoms with Crippen molar-refractivity contribution in [3.63, 3.8) is 0 Å². The van der Waals surface area contributed by atoms with Gasteiger partial charge in [-0.15, -0.1) is 0 Å². The molecule has 1 aliphatic carbocycles. The summed E-state index contributed by atoms with van der Waals surface area (Å²) in [7, 11) is 0. The van der Waals surface area contributed by atoms with E-state index in [-0.39, 0.29) is 0 Å². The van der Waals surface area contributed by atoms with E-state index in [1.807, 2.05) is 23.3 Å². The van der Waals surface area contributed by atoms with Gasteiger partial charge >= 0.3 is 0 Å². The van der Waals surface area contributed by atoms with Crippen LogP contribution in [0.1, 0.15) is 35.2 Å². The highest BCUT2D eigenvalue weighted by Crippen LogP contribution is 2.21. The molecule has 3 rings (SSSR count). The first kappa shape index (κ1) is 11.3. The number of rotatable bonds is 3. The number of carbonyl (C=O) groups is 1. The van der Waals surface area contributed by atoms with E-state index < -0.39 is 0 Å². The van der Waals surface area contributed by atoms with E-state index in [0.29, 0.717) is 12.2 Å². The third-order valence-electron chi connectivity index (χ3n) is 3.54. The van der Waals surface area contributed by atoms with Crippen LogP contribution in [0.4, 0.5) is 0 Å². The van der Waals surface area contributed by atoms with E-state index in [1.54, 1.807) is 6.20 Å². The maximum absolute atomic E-state index is 11.9. The zero-order valence-corrected chi connectivity index (χ0v) is 10.4. The smallest absolute Gasteiger partial charge is 0.164 e. The van der Waals surface area contributed by atoms with E-state index in [4.69, 9.17) is 0 Å². The highest BCUT2D eigenvalue weighted by molar-refractivity contribution is 5.97. The maximum Gasteiger partial charge on any atom is 0.164 e. The van der Waals surface area contributed by atoms with Gasteiger partial charge in [0, 0.05) is 49.9 Å². The maximum atomic E-state index is 11.9. The number of hydrogen-bond donors (Lipinski definition) is 0. The summed E-state index contributed by atoms with van der Waals surface area (Å²) in [6, 6.07) is 0. The normalized spacial score (nSPS) is 15.4. The van der Waals surface area contributed by atoms with Crippen molar-refractivity contribution < 1.29 is 4.79 Å². The van der Waals surface area contributed by atoms with Gasteiger partial charge < -0.3 is 9.13 Å². The molecule has 2 heterocycles. The Balaban J connectivity index is 1.74. The number of carbonyl (C=O) groups excluding carboxylic acids is 1. The van der Waals surface area contributed by atoms with E-state index in [0.717, 1.165) is 37.9 Å². The van der Waals surface area contributed by atoms with E-state index in [2.05, 4.69) is 15.7 Å². The average molecular weight is 243 g/mol. The molecule has 0 bridgehead atoms. The van der Waals surface area contributed by atoms with E-state index >= 15 is 0 Å². The number of Topliss-reactive ketones (excluding diaryl/α,β-unsaturated/α-hetero) is 1. The summed E-state index contributed by atoms with van der Waals surface area (Å²) in [6.07, 6.45) is 13.6. The number of hydrogen-bond acceptors (Lipinski definition) is 2. The fourth-order valence-electron chi connectivity index (χ4n) is 2.52. The minimum atomic E-state index is 0.309. The van der Waals surface area contributed by atoms with Crippen molar-refractivity contribution in [3.05, 3.63) is 42.2 Å². The third kappa shape index (κ3) is 2.23. The van der Waals surface area contributed by atoms with Gasteiger partial charge in [-0.2, -0.15) is 0 Å². The predicted octanol–water partition coefficient (Wildman–Crippen LogP) is 2.29. The zero-order valence-electron chi connectivity index (χ0n) is 10.4. The molecule has 0 saturated carbocycles. The Morgan fingerprint density at radius 2 is 1.94 bits per heavy atom. The van der Waals surface area contributed by atoms with Gasteiger partial charge in [0.05, 0.1) is 6.33 Å². The summed E-state index contributed by atoms with van der Waals surface area (Å²) in [5, 5.41) is 0. The molecule has 0 fully saturated rings. The van der Waals surface area contributed by atoms with Crippen LogP contribution in [0, 0.1) is 0 Å². The monoisotopic (exact) mass is 243 g/mol. The molecule has 0 aliphatic heterocycles. The van der Waals surface area contributed by atoms with Crippen LogP contribution in [0.25, 0.3) is 0 Å². The quantitative estimate of drug-likeness (QED) is 0.776. The van der Waals surface area contributed by atoms with Crippen LogP contribution in [0.15, 0.2) is 31.1 Å². The Morgan fingerprint density at radius 3 is 2.78 bits per heavy atom. The van der Waals surface area contributed by atoms with Crippen LogP contribution in [0.2, 0.25) is 0 Å². The fourth-order valence-corrected chi connectivity index (χ4v) is 2.52. The van der Waals surface area contributed by atoms with Gasteiger partial charge in [-0.1, -0.05) is 0 Å². The lowest BCUT2D eigenvalue weighted by molar-refractivity contribution is 0.0982. The summed E-state index contributed by atoms with van der Waals surface area (Å²) in [5.74, 6) is 0.309. The second-order valence-corrected chi connectivity index (χ2v) is 4.87. The van der Waals surface area contributed by atoms with Crippen LogP contribution >= 0.6 is 0 Å². The molecule has 2 aromatic heterocycles. The molecule has 0 N–H and O–H groups in total. The minimum absolute atomic E-state index is 0.309.